The fourth-order valence-corrected chi connectivity index (χ4v) is 6.44. The van der Waals surface area contributed by atoms with E-state index in [1.807, 2.05) is 23.1 Å². The Labute approximate surface area is 199 Å². The molecule has 2 saturated heterocycles. The molecule has 2 fully saturated rings. The molecule has 5 nitrogen and oxygen atoms in total. The summed E-state index contributed by atoms with van der Waals surface area (Å²) in [7, 11) is 0. The number of hydrogen-bond donors (Lipinski definition) is 0. The van der Waals surface area contributed by atoms with Crippen LogP contribution in [0.4, 0.5) is 0 Å². The summed E-state index contributed by atoms with van der Waals surface area (Å²) in [5.74, 6) is 2.69. The lowest BCUT2D eigenvalue weighted by molar-refractivity contribution is 0.0931. The summed E-state index contributed by atoms with van der Waals surface area (Å²) >= 11 is 3.70. The SMILES string of the molecule is c1ccc(CCSc2nnc(C3CCN(Cc4cccs4)CC3)n2C[C@H]2CCCO2)cc1. The number of nitrogens with zero attached hydrogens (tertiary/aromatic N) is 4. The van der Waals surface area contributed by atoms with E-state index in [2.05, 4.69) is 62.4 Å². The second kappa shape index (κ2) is 11.0. The van der Waals surface area contributed by atoms with Gasteiger partial charge in [-0.3, -0.25) is 4.90 Å². The molecular weight excluding hydrogens is 436 g/mol. The number of aryl methyl sites for hydroxylation is 1. The Morgan fingerprint density at radius 3 is 2.66 bits per heavy atom. The zero-order valence-corrected chi connectivity index (χ0v) is 20.2. The Morgan fingerprint density at radius 2 is 1.91 bits per heavy atom. The van der Waals surface area contributed by atoms with Crippen LogP contribution in [0.3, 0.4) is 0 Å². The first-order valence-electron chi connectivity index (χ1n) is 11.8. The van der Waals surface area contributed by atoms with Gasteiger partial charge in [0.1, 0.15) is 5.82 Å². The molecule has 32 heavy (non-hydrogen) atoms. The largest absolute Gasteiger partial charge is 0.376 e. The van der Waals surface area contributed by atoms with Gasteiger partial charge in [0.05, 0.1) is 12.6 Å². The topological polar surface area (TPSA) is 43.2 Å². The van der Waals surface area contributed by atoms with Crippen LogP contribution in [0.25, 0.3) is 0 Å². The summed E-state index contributed by atoms with van der Waals surface area (Å²) in [6.45, 7) is 5.12. The van der Waals surface area contributed by atoms with Crippen LogP contribution in [0.1, 0.15) is 47.9 Å². The van der Waals surface area contributed by atoms with Crippen molar-refractivity contribution in [3.05, 3.63) is 64.1 Å². The van der Waals surface area contributed by atoms with Crippen LogP contribution < -0.4 is 0 Å². The number of likely N-dealkylation sites (tertiary alicyclic amines) is 1. The minimum absolute atomic E-state index is 0.303. The number of thiophene rings is 1. The lowest BCUT2D eigenvalue weighted by atomic mass is 9.95. The van der Waals surface area contributed by atoms with Gasteiger partial charge in [-0.1, -0.05) is 48.2 Å². The Hall–Kier alpha value is -1.67. The third-order valence-electron chi connectivity index (χ3n) is 6.53. The van der Waals surface area contributed by atoms with Crippen LogP contribution in [-0.4, -0.2) is 51.2 Å². The molecule has 0 unspecified atom stereocenters. The second-order valence-electron chi connectivity index (χ2n) is 8.80. The molecule has 4 heterocycles. The van der Waals surface area contributed by atoms with E-state index in [0.717, 1.165) is 69.4 Å². The van der Waals surface area contributed by atoms with Crippen molar-refractivity contribution < 1.29 is 4.74 Å². The number of ether oxygens (including phenoxy) is 1. The van der Waals surface area contributed by atoms with Gasteiger partial charge in [0.25, 0.3) is 0 Å². The van der Waals surface area contributed by atoms with Crippen LogP contribution in [0.2, 0.25) is 0 Å². The summed E-state index contributed by atoms with van der Waals surface area (Å²) in [6.07, 6.45) is 5.98. The highest BCUT2D eigenvalue weighted by Crippen LogP contribution is 2.31. The maximum Gasteiger partial charge on any atom is 0.191 e. The molecule has 1 atom stereocenters. The minimum Gasteiger partial charge on any atom is -0.376 e. The smallest absolute Gasteiger partial charge is 0.191 e. The fourth-order valence-electron chi connectivity index (χ4n) is 4.75. The van der Waals surface area contributed by atoms with Crippen molar-refractivity contribution in [3.63, 3.8) is 0 Å². The third-order valence-corrected chi connectivity index (χ3v) is 8.36. The summed E-state index contributed by atoms with van der Waals surface area (Å²) in [6, 6.07) is 15.1. The van der Waals surface area contributed by atoms with Crippen molar-refractivity contribution >= 4 is 23.1 Å². The molecule has 7 heteroatoms. The van der Waals surface area contributed by atoms with E-state index in [1.54, 1.807) is 0 Å². The summed E-state index contributed by atoms with van der Waals surface area (Å²) in [4.78, 5) is 4.04. The van der Waals surface area contributed by atoms with Gasteiger partial charge in [0.2, 0.25) is 0 Å². The number of thioether (sulfide) groups is 1. The molecule has 0 spiro atoms. The van der Waals surface area contributed by atoms with Crippen LogP contribution >= 0.6 is 23.1 Å². The summed E-state index contributed by atoms with van der Waals surface area (Å²) < 4.78 is 8.37. The number of benzene rings is 1. The molecule has 5 rings (SSSR count). The fraction of sp³-hybridized carbons (Fsp3) is 0.520. The minimum atomic E-state index is 0.303. The number of rotatable bonds is 9. The molecule has 0 bridgehead atoms. The van der Waals surface area contributed by atoms with Gasteiger partial charge >= 0.3 is 0 Å². The molecule has 170 valence electrons. The van der Waals surface area contributed by atoms with E-state index in [9.17, 15) is 0 Å². The maximum atomic E-state index is 5.98. The molecule has 2 aliphatic heterocycles. The highest BCUT2D eigenvalue weighted by Gasteiger charge is 2.28. The first kappa shape index (κ1) is 22.1. The predicted octanol–water partition coefficient (Wildman–Crippen LogP) is 5.23. The summed E-state index contributed by atoms with van der Waals surface area (Å²) in [5, 5.41) is 12.6. The molecule has 0 amide bonds. The van der Waals surface area contributed by atoms with Gasteiger partial charge in [-0.15, -0.1) is 21.5 Å². The van der Waals surface area contributed by atoms with E-state index in [4.69, 9.17) is 9.84 Å². The normalized spacial score (nSPS) is 20.2. The van der Waals surface area contributed by atoms with Gasteiger partial charge in [-0.25, -0.2) is 0 Å². The molecule has 2 aliphatic rings. The number of aromatic nitrogens is 3. The van der Waals surface area contributed by atoms with Crippen molar-refractivity contribution in [2.45, 2.75) is 62.4 Å². The van der Waals surface area contributed by atoms with Gasteiger partial charge < -0.3 is 9.30 Å². The Morgan fingerprint density at radius 1 is 1.03 bits per heavy atom. The zero-order chi connectivity index (χ0) is 21.6. The first-order valence-corrected chi connectivity index (χ1v) is 13.7. The molecule has 0 saturated carbocycles. The van der Waals surface area contributed by atoms with Crippen molar-refractivity contribution in [3.8, 4) is 0 Å². The van der Waals surface area contributed by atoms with Crippen molar-refractivity contribution in [1.82, 2.24) is 19.7 Å². The Bertz CT molecular complexity index is 946. The average Bonchev–Trinajstić information content (AvgIpc) is 3.59. The molecule has 3 aromatic rings. The Kier molecular flexibility index (Phi) is 7.59. The van der Waals surface area contributed by atoms with Gasteiger partial charge in [-0.05, 0) is 62.2 Å². The number of hydrogen-bond acceptors (Lipinski definition) is 6. The van der Waals surface area contributed by atoms with E-state index in [1.165, 1.54) is 22.7 Å². The lowest BCUT2D eigenvalue weighted by Crippen LogP contribution is -2.33. The van der Waals surface area contributed by atoms with Gasteiger partial charge in [0, 0.05) is 29.7 Å². The standard InChI is InChI=1S/C25H32N4OS2/c1-2-6-20(7-3-1)12-17-32-25-27-26-24(29(25)18-22-8-4-15-30-22)21-10-13-28(14-11-21)19-23-9-5-16-31-23/h1-3,5-7,9,16,21-22H,4,8,10-15,17-19H2/t22-/m1/s1. The van der Waals surface area contributed by atoms with Gasteiger partial charge in [0.15, 0.2) is 5.16 Å². The van der Waals surface area contributed by atoms with Crippen LogP contribution in [0.5, 0.6) is 0 Å². The molecular formula is C25H32N4OS2. The van der Waals surface area contributed by atoms with Crippen molar-refractivity contribution in [2.24, 2.45) is 0 Å². The van der Waals surface area contributed by atoms with E-state index in [-0.39, 0.29) is 0 Å². The molecule has 0 aliphatic carbocycles. The highest BCUT2D eigenvalue weighted by molar-refractivity contribution is 7.99. The van der Waals surface area contributed by atoms with E-state index < -0.39 is 0 Å². The number of piperidine rings is 1. The predicted molar refractivity (Wildman–Crippen MR) is 131 cm³/mol. The third kappa shape index (κ3) is 5.63. The van der Waals surface area contributed by atoms with E-state index >= 15 is 0 Å². The molecule has 0 radical (unpaired) electrons. The lowest BCUT2D eigenvalue weighted by Gasteiger charge is -2.31. The van der Waals surface area contributed by atoms with Crippen LogP contribution in [0.15, 0.2) is 53.0 Å². The molecule has 1 aromatic carbocycles. The zero-order valence-electron chi connectivity index (χ0n) is 18.6. The van der Waals surface area contributed by atoms with Crippen LogP contribution in [0, 0.1) is 0 Å². The highest BCUT2D eigenvalue weighted by atomic mass is 32.2. The van der Waals surface area contributed by atoms with Crippen LogP contribution in [-0.2, 0) is 24.2 Å². The van der Waals surface area contributed by atoms with E-state index in [0.29, 0.717) is 12.0 Å². The first-order chi connectivity index (χ1) is 15.8. The summed E-state index contributed by atoms with van der Waals surface area (Å²) in [5.41, 5.74) is 1.38. The average molecular weight is 469 g/mol. The van der Waals surface area contributed by atoms with Gasteiger partial charge in [-0.2, -0.15) is 0 Å². The van der Waals surface area contributed by atoms with Crippen molar-refractivity contribution in [2.75, 3.05) is 25.4 Å². The quantitative estimate of drug-likeness (QED) is 0.402. The Balaban J connectivity index is 1.24. The molecule has 2 aromatic heterocycles. The van der Waals surface area contributed by atoms with Crippen molar-refractivity contribution in [1.29, 1.82) is 0 Å². The maximum absolute atomic E-state index is 5.98. The monoisotopic (exact) mass is 468 g/mol. The molecule has 0 N–H and O–H groups in total. The second-order valence-corrected chi connectivity index (χ2v) is 10.9.